The smallest absolute Gasteiger partial charge is 0.258 e. The second-order valence-corrected chi connectivity index (χ2v) is 7.38. The average molecular weight is 385 g/mol. The number of anilines is 1. The number of aryl methyl sites for hydroxylation is 2. The largest absolute Gasteiger partial charge is 0.307 e. The van der Waals surface area contributed by atoms with Crippen LogP contribution in [0.5, 0.6) is 0 Å². The van der Waals surface area contributed by atoms with Crippen molar-refractivity contribution >= 4 is 17.3 Å². The van der Waals surface area contributed by atoms with E-state index >= 15 is 0 Å². The molecule has 0 saturated heterocycles. The lowest BCUT2D eigenvalue weighted by molar-refractivity contribution is 0.102. The van der Waals surface area contributed by atoms with Crippen LogP contribution in [0.15, 0.2) is 66.9 Å². The number of nitrogens with one attached hydrogen (secondary N) is 1. The zero-order chi connectivity index (χ0) is 20.4. The summed E-state index contributed by atoms with van der Waals surface area (Å²) < 4.78 is 1.82. The van der Waals surface area contributed by atoms with Crippen LogP contribution in [0, 0.1) is 6.92 Å². The van der Waals surface area contributed by atoms with Gasteiger partial charge in [0.15, 0.2) is 0 Å². The van der Waals surface area contributed by atoms with Gasteiger partial charge in [-0.25, -0.2) is 4.98 Å². The van der Waals surface area contributed by atoms with Crippen molar-refractivity contribution in [3.8, 4) is 0 Å². The number of rotatable bonds is 4. The molecule has 6 heteroatoms. The molecule has 1 amide bonds. The number of nitrogens with zero attached hydrogens (tertiary/aromatic N) is 4. The number of amides is 1. The molecule has 1 aliphatic rings. The quantitative estimate of drug-likeness (QED) is 0.727. The topological polar surface area (TPSA) is 72.7 Å². The highest BCUT2D eigenvalue weighted by Gasteiger charge is 2.20. The van der Waals surface area contributed by atoms with E-state index in [2.05, 4.69) is 39.5 Å². The van der Waals surface area contributed by atoms with Gasteiger partial charge in [-0.1, -0.05) is 23.8 Å². The van der Waals surface area contributed by atoms with Crippen LogP contribution in [0.3, 0.4) is 0 Å². The van der Waals surface area contributed by atoms with E-state index < -0.39 is 0 Å². The van der Waals surface area contributed by atoms with Gasteiger partial charge in [-0.05, 0) is 49.1 Å². The molecule has 1 atom stereocenters. The highest BCUT2D eigenvalue weighted by molar-refractivity contribution is 6.04. The van der Waals surface area contributed by atoms with Crippen molar-refractivity contribution < 1.29 is 4.79 Å². The van der Waals surface area contributed by atoms with E-state index in [0.717, 1.165) is 23.1 Å². The van der Waals surface area contributed by atoms with Gasteiger partial charge < -0.3 is 5.32 Å². The molecule has 0 bridgehead atoms. The molecule has 3 heterocycles. The Labute approximate surface area is 170 Å². The summed E-state index contributed by atoms with van der Waals surface area (Å²) in [7, 11) is 1.93. The molecular weight excluding hydrogens is 362 g/mol. The van der Waals surface area contributed by atoms with Crippen LogP contribution >= 0.6 is 0 Å². The number of carbonyl (C=O) groups is 1. The Hall–Kier alpha value is -3.54. The van der Waals surface area contributed by atoms with Gasteiger partial charge in [0.1, 0.15) is 5.82 Å². The van der Waals surface area contributed by atoms with E-state index in [1.165, 1.54) is 11.1 Å². The Balaban J connectivity index is 1.49. The first kappa shape index (κ1) is 18.8. The van der Waals surface area contributed by atoms with Crippen molar-refractivity contribution in [1.29, 1.82) is 0 Å². The van der Waals surface area contributed by atoms with Gasteiger partial charge in [0.05, 0.1) is 11.8 Å². The number of hydrogen-bond acceptors (Lipinski definition) is 4. The maximum absolute atomic E-state index is 12.5. The molecule has 0 spiro atoms. The van der Waals surface area contributed by atoms with Crippen molar-refractivity contribution in [2.24, 2.45) is 7.05 Å². The molecule has 146 valence electrons. The number of hydrogen-bond donors (Lipinski definition) is 1. The van der Waals surface area contributed by atoms with Crippen LogP contribution in [0.25, 0.3) is 5.57 Å². The lowest BCUT2D eigenvalue weighted by Gasteiger charge is -2.23. The van der Waals surface area contributed by atoms with Crippen LogP contribution < -0.4 is 5.32 Å². The summed E-state index contributed by atoms with van der Waals surface area (Å²) in [5.41, 5.74) is 6.26. The second kappa shape index (κ2) is 7.83. The Kier molecular flexibility index (Phi) is 5.08. The summed E-state index contributed by atoms with van der Waals surface area (Å²) in [6.07, 6.45) is 14.3. The van der Waals surface area contributed by atoms with Crippen LogP contribution in [0.4, 0.5) is 5.82 Å². The van der Waals surface area contributed by atoms with Gasteiger partial charge in [-0.15, -0.1) is 0 Å². The summed E-state index contributed by atoms with van der Waals surface area (Å²) in [5.74, 6) is 0.585. The predicted octanol–water partition coefficient (Wildman–Crippen LogP) is 4.29. The van der Waals surface area contributed by atoms with Crippen molar-refractivity contribution in [2.45, 2.75) is 26.2 Å². The van der Waals surface area contributed by atoms with E-state index in [0.29, 0.717) is 11.4 Å². The molecule has 29 heavy (non-hydrogen) atoms. The van der Waals surface area contributed by atoms with Crippen LogP contribution in [0.1, 0.15) is 46.3 Å². The highest BCUT2D eigenvalue weighted by Crippen LogP contribution is 2.37. The van der Waals surface area contributed by atoms with Gasteiger partial charge in [0, 0.05) is 43.3 Å². The Morgan fingerprint density at radius 1 is 1.14 bits per heavy atom. The molecule has 1 aliphatic carbocycles. The summed E-state index contributed by atoms with van der Waals surface area (Å²) in [5, 5.41) is 7.13. The number of pyridine rings is 2. The van der Waals surface area contributed by atoms with Crippen molar-refractivity contribution in [2.75, 3.05) is 5.32 Å². The summed E-state index contributed by atoms with van der Waals surface area (Å²) >= 11 is 0. The Morgan fingerprint density at radius 2 is 2.00 bits per heavy atom. The molecule has 6 nitrogen and oxygen atoms in total. The van der Waals surface area contributed by atoms with E-state index in [1.807, 2.05) is 55.4 Å². The lowest BCUT2D eigenvalue weighted by Crippen LogP contribution is -2.15. The van der Waals surface area contributed by atoms with Crippen LogP contribution in [-0.2, 0) is 7.05 Å². The summed E-state index contributed by atoms with van der Waals surface area (Å²) in [6, 6.07) is 5.71. The molecule has 0 fully saturated rings. The number of aromatic nitrogens is 4. The predicted molar refractivity (Wildman–Crippen MR) is 113 cm³/mol. The van der Waals surface area contributed by atoms with Crippen LogP contribution in [0.2, 0.25) is 0 Å². The van der Waals surface area contributed by atoms with E-state index in [1.54, 1.807) is 12.4 Å². The lowest BCUT2D eigenvalue weighted by atomic mass is 9.82. The first-order chi connectivity index (χ1) is 14.0. The fraction of sp³-hybridized carbons (Fsp3) is 0.217. The van der Waals surface area contributed by atoms with Gasteiger partial charge in [-0.2, -0.15) is 5.10 Å². The first-order valence-corrected chi connectivity index (χ1v) is 9.55. The molecule has 1 unspecified atom stereocenters. The number of carbonyl (C=O) groups excluding carboxylic acids is 1. The standard InChI is InChI=1S/C23H23N5O/c1-15-4-5-17(19-12-26-28(3)14-19)10-20(15)18-6-7-22(25-11-18)27-23(29)21-13-24-9-8-16(21)2/h4-9,11-14,20H,10H2,1-3H3,(H,25,27,29). The van der Waals surface area contributed by atoms with Crippen molar-refractivity contribution in [3.63, 3.8) is 0 Å². The molecule has 0 aliphatic heterocycles. The van der Waals surface area contributed by atoms with Gasteiger partial charge in [0.2, 0.25) is 0 Å². The number of allylic oxidation sites excluding steroid dienone is 4. The maximum atomic E-state index is 12.5. The molecule has 3 aromatic rings. The highest BCUT2D eigenvalue weighted by atomic mass is 16.1. The fourth-order valence-electron chi connectivity index (χ4n) is 3.55. The molecule has 3 aromatic heterocycles. The Morgan fingerprint density at radius 3 is 2.69 bits per heavy atom. The molecular formula is C23H23N5O. The van der Waals surface area contributed by atoms with Crippen LogP contribution in [-0.4, -0.2) is 25.7 Å². The third kappa shape index (κ3) is 4.01. The SMILES string of the molecule is CC1=CC=C(c2cnn(C)c2)CC1c1ccc(NC(=O)c2cnccc2C)nc1. The van der Waals surface area contributed by atoms with Gasteiger partial charge in [0.25, 0.3) is 5.91 Å². The zero-order valence-electron chi connectivity index (χ0n) is 16.8. The van der Waals surface area contributed by atoms with Crippen molar-refractivity contribution in [3.05, 3.63) is 89.2 Å². The molecule has 0 aromatic carbocycles. The third-order valence-corrected chi connectivity index (χ3v) is 5.31. The second-order valence-electron chi connectivity index (χ2n) is 7.38. The minimum Gasteiger partial charge on any atom is -0.307 e. The first-order valence-electron chi connectivity index (χ1n) is 9.55. The monoisotopic (exact) mass is 385 g/mol. The third-order valence-electron chi connectivity index (χ3n) is 5.31. The van der Waals surface area contributed by atoms with E-state index in [9.17, 15) is 4.79 Å². The van der Waals surface area contributed by atoms with Gasteiger partial charge >= 0.3 is 0 Å². The zero-order valence-corrected chi connectivity index (χ0v) is 16.8. The van der Waals surface area contributed by atoms with E-state index in [-0.39, 0.29) is 11.8 Å². The van der Waals surface area contributed by atoms with Crippen molar-refractivity contribution in [1.82, 2.24) is 19.7 Å². The molecule has 1 N–H and O–H groups in total. The van der Waals surface area contributed by atoms with E-state index in [4.69, 9.17) is 0 Å². The molecule has 4 rings (SSSR count). The van der Waals surface area contributed by atoms with Gasteiger partial charge in [-0.3, -0.25) is 14.5 Å². The summed E-state index contributed by atoms with van der Waals surface area (Å²) in [6.45, 7) is 4.03. The minimum absolute atomic E-state index is 0.202. The molecule has 0 saturated carbocycles. The normalized spacial score (nSPS) is 16.2. The minimum atomic E-state index is -0.202. The summed E-state index contributed by atoms with van der Waals surface area (Å²) in [4.78, 5) is 21.0. The maximum Gasteiger partial charge on any atom is 0.258 e. The fourth-order valence-corrected chi connectivity index (χ4v) is 3.55. The average Bonchev–Trinajstić information content (AvgIpc) is 3.16. The molecule has 0 radical (unpaired) electrons. The Bertz CT molecular complexity index is 1110.